The van der Waals surface area contributed by atoms with Crippen LogP contribution in [-0.2, 0) is 10.0 Å². The van der Waals surface area contributed by atoms with Crippen LogP contribution in [0.3, 0.4) is 0 Å². The lowest BCUT2D eigenvalue weighted by Gasteiger charge is -2.07. The Bertz CT molecular complexity index is 754. The van der Waals surface area contributed by atoms with Crippen LogP contribution in [0.1, 0.15) is 5.56 Å². The Balaban J connectivity index is 2.35. The van der Waals surface area contributed by atoms with Gasteiger partial charge in [-0.3, -0.25) is 4.72 Å². The van der Waals surface area contributed by atoms with Crippen LogP contribution in [0.5, 0.6) is 0 Å². The molecule has 0 aliphatic heterocycles. The van der Waals surface area contributed by atoms with E-state index in [4.69, 9.17) is 16.9 Å². The molecule has 0 aliphatic rings. The van der Waals surface area contributed by atoms with Crippen LogP contribution in [-0.4, -0.2) is 13.4 Å². The van der Waals surface area contributed by atoms with Gasteiger partial charge in [0.15, 0.2) is 0 Å². The molecular formula is C12H8ClN3O2S. The fourth-order valence-corrected chi connectivity index (χ4v) is 2.60. The number of anilines is 1. The van der Waals surface area contributed by atoms with Crippen LogP contribution in [0.4, 0.5) is 5.82 Å². The van der Waals surface area contributed by atoms with Gasteiger partial charge >= 0.3 is 0 Å². The molecule has 2 rings (SSSR count). The van der Waals surface area contributed by atoms with Gasteiger partial charge < -0.3 is 0 Å². The van der Waals surface area contributed by atoms with Crippen molar-refractivity contribution in [2.24, 2.45) is 0 Å². The second-order valence-corrected chi connectivity index (χ2v) is 5.66. The van der Waals surface area contributed by atoms with Crippen LogP contribution < -0.4 is 4.72 Å². The summed E-state index contributed by atoms with van der Waals surface area (Å²) in [7, 11) is -3.78. The normalized spacial score (nSPS) is 10.7. The molecule has 1 N–H and O–H groups in total. The fourth-order valence-electron chi connectivity index (χ4n) is 1.39. The second kappa shape index (κ2) is 5.26. The van der Waals surface area contributed by atoms with E-state index in [2.05, 4.69) is 9.71 Å². The molecule has 2 aromatic rings. The second-order valence-electron chi connectivity index (χ2n) is 3.59. The third-order valence-corrected chi connectivity index (χ3v) is 3.79. The van der Waals surface area contributed by atoms with Crippen molar-refractivity contribution >= 4 is 27.4 Å². The largest absolute Gasteiger partial charge is 0.263 e. The van der Waals surface area contributed by atoms with E-state index in [0.717, 1.165) is 0 Å². The zero-order valence-electron chi connectivity index (χ0n) is 9.54. The topological polar surface area (TPSA) is 82.8 Å². The Morgan fingerprint density at radius 2 is 1.95 bits per heavy atom. The first-order valence-corrected chi connectivity index (χ1v) is 7.03. The van der Waals surface area contributed by atoms with Gasteiger partial charge in [0.1, 0.15) is 11.0 Å². The van der Waals surface area contributed by atoms with Gasteiger partial charge in [0.2, 0.25) is 0 Å². The van der Waals surface area contributed by atoms with Crippen molar-refractivity contribution in [3.63, 3.8) is 0 Å². The van der Waals surface area contributed by atoms with Crippen molar-refractivity contribution in [1.82, 2.24) is 4.98 Å². The van der Waals surface area contributed by atoms with Crippen molar-refractivity contribution in [1.29, 1.82) is 5.26 Å². The van der Waals surface area contributed by atoms with E-state index in [9.17, 15) is 8.42 Å². The van der Waals surface area contributed by atoms with Crippen molar-refractivity contribution < 1.29 is 8.42 Å². The van der Waals surface area contributed by atoms with Gasteiger partial charge in [-0.25, -0.2) is 13.4 Å². The van der Waals surface area contributed by atoms with Crippen molar-refractivity contribution in [3.8, 4) is 6.07 Å². The predicted octanol–water partition coefficient (Wildman–Crippen LogP) is 2.41. The molecule has 0 unspecified atom stereocenters. The van der Waals surface area contributed by atoms with E-state index >= 15 is 0 Å². The minimum atomic E-state index is -3.78. The molecule has 19 heavy (non-hydrogen) atoms. The Morgan fingerprint density at radius 3 is 2.63 bits per heavy atom. The Hall–Kier alpha value is -2.10. The first kappa shape index (κ1) is 13.3. The number of hydrogen-bond acceptors (Lipinski definition) is 4. The van der Waals surface area contributed by atoms with Gasteiger partial charge in [-0.05, 0) is 30.3 Å². The van der Waals surface area contributed by atoms with Crippen molar-refractivity contribution in [2.75, 3.05) is 4.72 Å². The number of nitrogens with one attached hydrogen (secondary N) is 1. The average Bonchev–Trinajstić information content (AvgIpc) is 2.38. The monoisotopic (exact) mass is 293 g/mol. The maximum atomic E-state index is 12.1. The van der Waals surface area contributed by atoms with Gasteiger partial charge in [-0.15, -0.1) is 0 Å². The highest BCUT2D eigenvalue weighted by molar-refractivity contribution is 7.92. The quantitative estimate of drug-likeness (QED) is 0.881. The third-order valence-electron chi connectivity index (χ3n) is 2.23. The summed E-state index contributed by atoms with van der Waals surface area (Å²) in [5.74, 6) is 0.120. The molecule has 1 aromatic carbocycles. The summed E-state index contributed by atoms with van der Waals surface area (Å²) in [6.07, 6.45) is 0. The van der Waals surface area contributed by atoms with Gasteiger partial charge in [0.25, 0.3) is 10.0 Å². The van der Waals surface area contributed by atoms with Crippen LogP contribution in [0.25, 0.3) is 0 Å². The van der Waals surface area contributed by atoms with E-state index in [-0.39, 0.29) is 21.4 Å². The zero-order valence-corrected chi connectivity index (χ0v) is 11.1. The number of rotatable bonds is 3. The first-order valence-electron chi connectivity index (χ1n) is 5.17. The lowest BCUT2D eigenvalue weighted by molar-refractivity contribution is 0.601. The lowest BCUT2D eigenvalue weighted by Crippen LogP contribution is -2.14. The van der Waals surface area contributed by atoms with E-state index in [1.54, 1.807) is 6.07 Å². The molecule has 5 nitrogen and oxygen atoms in total. The summed E-state index contributed by atoms with van der Waals surface area (Å²) in [5, 5.41) is 8.94. The first-order chi connectivity index (χ1) is 9.01. The van der Waals surface area contributed by atoms with E-state index in [1.807, 2.05) is 6.07 Å². The van der Waals surface area contributed by atoms with Crippen LogP contribution >= 0.6 is 11.6 Å². The van der Waals surface area contributed by atoms with E-state index in [0.29, 0.717) is 0 Å². The summed E-state index contributed by atoms with van der Waals surface area (Å²) in [6.45, 7) is 0. The molecule has 96 valence electrons. The van der Waals surface area contributed by atoms with E-state index in [1.165, 1.54) is 36.4 Å². The van der Waals surface area contributed by atoms with Crippen LogP contribution in [0, 0.1) is 11.3 Å². The molecule has 1 aromatic heterocycles. The van der Waals surface area contributed by atoms with Crippen molar-refractivity contribution in [2.45, 2.75) is 4.90 Å². The highest BCUT2D eigenvalue weighted by Gasteiger charge is 2.15. The lowest BCUT2D eigenvalue weighted by atomic mass is 10.2. The molecule has 0 amide bonds. The smallest absolute Gasteiger partial charge is 0.263 e. The molecule has 0 saturated carbocycles. The predicted molar refractivity (Wildman–Crippen MR) is 71.2 cm³/mol. The molecule has 0 spiro atoms. The van der Waals surface area contributed by atoms with Crippen LogP contribution in [0.2, 0.25) is 5.15 Å². The fraction of sp³-hybridized carbons (Fsp3) is 0. The number of benzene rings is 1. The maximum absolute atomic E-state index is 12.1. The Kier molecular flexibility index (Phi) is 3.69. The number of nitriles is 1. The zero-order chi connectivity index (χ0) is 13.9. The number of aromatic nitrogens is 1. The number of halogens is 1. The van der Waals surface area contributed by atoms with Crippen molar-refractivity contribution in [3.05, 3.63) is 53.2 Å². The summed E-state index contributed by atoms with van der Waals surface area (Å²) in [6, 6.07) is 12.2. The summed E-state index contributed by atoms with van der Waals surface area (Å²) in [5.41, 5.74) is 0.266. The number of nitrogens with zero attached hydrogens (tertiary/aromatic N) is 2. The summed E-state index contributed by atoms with van der Waals surface area (Å²) in [4.78, 5) is 3.83. The molecule has 0 atom stereocenters. The molecule has 0 radical (unpaired) electrons. The highest BCUT2D eigenvalue weighted by atomic mass is 35.5. The van der Waals surface area contributed by atoms with Gasteiger partial charge in [0, 0.05) is 0 Å². The minimum Gasteiger partial charge on any atom is -0.263 e. The molecule has 0 saturated heterocycles. The van der Waals surface area contributed by atoms with Gasteiger partial charge in [-0.2, -0.15) is 5.26 Å². The standard InChI is InChI=1S/C12H8ClN3O2S/c13-11-5-2-6-12(15-11)16-19(17,18)10-4-1-3-9(7-10)8-14/h1-7H,(H,15,16). The summed E-state index contributed by atoms with van der Waals surface area (Å²) >= 11 is 5.68. The SMILES string of the molecule is N#Cc1cccc(S(=O)(=O)Nc2cccc(Cl)n2)c1. The van der Waals surface area contributed by atoms with Crippen LogP contribution in [0.15, 0.2) is 47.4 Å². The Labute approximate surface area is 115 Å². The molecule has 0 bridgehead atoms. The molecular weight excluding hydrogens is 286 g/mol. The number of hydrogen-bond donors (Lipinski definition) is 1. The Morgan fingerprint density at radius 1 is 1.21 bits per heavy atom. The summed E-state index contributed by atoms with van der Waals surface area (Å²) < 4.78 is 26.4. The average molecular weight is 294 g/mol. The molecule has 7 heteroatoms. The maximum Gasteiger partial charge on any atom is 0.263 e. The molecule has 0 fully saturated rings. The number of pyridine rings is 1. The van der Waals surface area contributed by atoms with Gasteiger partial charge in [0.05, 0.1) is 16.5 Å². The third kappa shape index (κ3) is 3.22. The molecule has 1 heterocycles. The highest BCUT2D eigenvalue weighted by Crippen LogP contribution is 2.16. The minimum absolute atomic E-state index is 0.00618. The molecule has 0 aliphatic carbocycles. The van der Waals surface area contributed by atoms with Gasteiger partial charge in [-0.1, -0.05) is 23.7 Å². The number of sulfonamides is 1. The van der Waals surface area contributed by atoms with E-state index < -0.39 is 10.0 Å².